The number of allylic oxidation sites excluding steroid dienone is 2. The van der Waals surface area contributed by atoms with Crippen molar-refractivity contribution in [3.63, 3.8) is 0 Å². The maximum absolute atomic E-state index is 13.7. The Labute approximate surface area is 95.7 Å². The first-order valence-electron chi connectivity index (χ1n) is 5.25. The van der Waals surface area contributed by atoms with E-state index in [0.29, 0.717) is 12.1 Å². The van der Waals surface area contributed by atoms with E-state index < -0.39 is 0 Å². The summed E-state index contributed by atoms with van der Waals surface area (Å²) in [4.78, 5) is 4.15. The molecule has 0 spiro atoms. The lowest BCUT2D eigenvalue weighted by Gasteiger charge is -2.07. The maximum atomic E-state index is 13.7. The number of aliphatic imine (C=N–C) groups is 1. The van der Waals surface area contributed by atoms with E-state index in [0.717, 1.165) is 16.8 Å². The Morgan fingerprint density at radius 2 is 2.12 bits per heavy atom. The summed E-state index contributed by atoms with van der Waals surface area (Å²) >= 11 is 0. The van der Waals surface area contributed by atoms with Gasteiger partial charge in [0.25, 0.3) is 0 Å². The smallest absolute Gasteiger partial charge is 0.131 e. The van der Waals surface area contributed by atoms with Crippen molar-refractivity contribution in [3.05, 3.63) is 40.8 Å². The summed E-state index contributed by atoms with van der Waals surface area (Å²) in [6.45, 7) is 5.92. The fourth-order valence-corrected chi connectivity index (χ4v) is 1.48. The average molecular weight is 220 g/mol. The predicted molar refractivity (Wildman–Crippen MR) is 66.7 cm³/mol. The third kappa shape index (κ3) is 2.76. The highest BCUT2D eigenvalue weighted by molar-refractivity contribution is 5.69. The number of nitrogens with zero attached hydrogens (tertiary/aromatic N) is 1. The Balaban J connectivity index is 3.19. The zero-order chi connectivity index (χ0) is 12.1. The molecule has 0 saturated heterocycles. The summed E-state index contributed by atoms with van der Waals surface area (Å²) in [7, 11) is 0. The molecule has 0 amide bonds. The van der Waals surface area contributed by atoms with Crippen molar-refractivity contribution in [2.45, 2.75) is 27.3 Å². The number of hydrogen-bond acceptors (Lipinski definition) is 2. The Hall–Kier alpha value is -1.48. The second-order valence-corrected chi connectivity index (χ2v) is 3.62. The van der Waals surface area contributed by atoms with Gasteiger partial charge in [0.05, 0.1) is 0 Å². The normalized spacial score (nSPS) is 13.1. The third-order valence-corrected chi connectivity index (χ3v) is 2.54. The van der Waals surface area contributed by atoms with Gasteiger partial charge in [0, 0.05) is 24.0 Å². The molecule has 0 unspecified atom stereocenters. The molecule has 3 heteroatoms. The van der Waals surface area contributed by atoms with Crippen LogP contribution in [-0.2, 0) is 6.54 Å². The van der Waals surface area contributed by atoms with E-state index in [1.54, 1.807) is 12.3 Å². The molecule has 0 bridgehead atoms. The van der Waals surface area contributed by atoms with E-state index >= 15 is 0 Å². The van der Waals surface area contributed by atoms with Crippen molar-refractivity contribution in [1.82, 2.24) is 0 Å². The van der Waals surface area contributed by atoms with E-state index in [1.807, 2.05) is 26.8 Å². The van der Waals surface area contributed by atoms with Crippen LogP contribution in [-0.4, -0.2) is 6.21 Å². The summed E-state index contributed by atoms with van der Waals surface area (Å²) < 4.78 is 13.7. The molecule has 0 aliphatic rings. The standard InChI is InChI=1S/C13H17FN2/c1-4-16-10(3)9(2)12-6-5-11(8-15)7-13(12)14/h4-7H,8,15H2,1-3H3/b10-9+,16-4?. The molecular formula is C13H17FN2. The monoisotopic (exact) mass is 220 g/mol. The Morgan fingerprint density at radius 1 is 1.44 bits per heavy atom. The summed E-state index contributed by atoms with van der Waals surface area (Å²) in [5.74, 6) is -0.244. The SMILES string of the molecule is CC=N/C(C)=C(\C)c1ccc(CN)cc1F. The van der Waals surface area contributed by atoms with Crippen molar-refractivity contribution >= 4 is 11.8 Å². The molecule has 0 aliphatic heterocycles. The first kappa shape index (κ1) is 12.6. The van der Waals surface area contributed by atoms with Crippen molar-refractivity contribution in [2.24, 2.45) is 10.7 Å². The second kappa shape index (κ2) is 5.56. The number of rotatable bonds is 3. The van der Waals surface area contributed by atoms with Crippen LogP contribution in [0.4, 0.5) is 4.39 Å². The summed E-state index contributed by atoms with van der Waals surface area (Å²) in [6, 6.07) is 5.06. The largest absolute Gasteiger partial charge is 0.326 e. The molecule has 1 rings (SSSR count). The number of benzene rings is 1. The minimum absolute atomic E-state index is 0.244. The minimum atomic E-state index is -0.244. The summed E-state index contributed by atoms with van der Waals surface area (Å²) in [6.07, 6.45) is 1.70. The predicted octanol–water partition coefficient (Wildman–Crippen LogP) is 3.13. The molecule has 0 fully saturated rings. The van der Waals surface area contributed by atoms with E-state index in [-0.39, 0.29) is 5.82 Å². The van der Waals surface area contributed by atoms with Crippen LogP contribution in [0.15, 0.2) is 28.9 Å². The maximum Gasteiger partial charge on any atom is 0.131 e. The van der Waals surface area contributed by atoms with E-state index in [2.05, 4.69) is 4.99 Å². The van der Waals surface area contributed by atoms with Crippen molar-refractivity contribution in [1.29, 1.82) is 0 Å². The molecular weight excluding hydrogens is 203 g/mol. The Kier molecular flexibility index (Phi) is 4.38. The highest BCUT2D eigenvalue weighted by Crippen LogP contribution is 2.22. The average Bonchev–Trinajstić information content (AvgIpc) is 2.28. The van der Waals surface area contributed by atoms with E-state index in [4.69, 9.17) is 5.73 Å². The fourth-order valence-electron chi connectivity index (χ4n) is 1.48. The summed E-state index contributed by atoms with van der Waals surface area (Å²) in [5, 5.41) is 0. The van der Waals surface area contributed by atoms with Gasteiger partial charge in [0.15, 0.2) is 0 Å². The van der Waals surface area contributed by atoms with Gasteiger partial charge in [-0.15, -0.1) is 0 Å². The van der Waals surface area contributed by atoms with Gasteiger partial charge >= 0.3 is 0 Å². The second-order valence-electron chi connectivity index (χ2n) is 3.62. The van der Waals surface area contributed by atoms with Gasteiger partial charge in [-0.3, -0.25) is 4.99 Å². The molecule has 2 nitrogen and oxygen atoms in total. The van der Waals surface area contributed by atoms with Crippen LogP contribution in [0.1, 0.15) is 31.9 Å². The van der Waals surface area contributed by atoms with E-state index in [9.17, 15) is 4.39 Å². The van der Waals surface area contributed by atoms with Crippen LogP contribution in [0.5, 0.6) is 0 Å². The zero-order valence-corrected chi connectivity index (χ0v) is 9.92. The van der Waals surface area contributed by atoms with Crippen molar-refractivity contribution in [3.8, 4) is 0 Å². The van der Waals surface area contributed by atoms with Gasteiger partial charge in [0.2, 0.25) is 0 Å². The first-order valence-corrected chi connectivity index (χ1v) is 5.25. The van der Waals surface area contributed by atoms with Crippen molar-refractivity contribution < 1.29 is 4.39 Å². The quantitative estimate of drug-likeness (QED) is 0.781. The minimum Gasteiger partial charge on any atom is -0.326 e. The highest BCUT2D eigenvalue weighted by Gasteiger charge is 2.06. The van der Waals surface area contributed by atoms with Crippen LogP contribution >= 0.6 is 0 Å². The number of halogens is 1. The van der Waals surface area contributed by atoms with Gasteiger partial charge < -0.3 is 5.73 Å². The molecule has 2 N–H and O–H groups in total. The first-order chi connectivity index (χ1) is 7.60. The Bertz CT molecular complexity index is 434. The van der Waals surface area contributed by atoms with Crippen molar-refractivity contribution in [2.75, 3.05) is 0 Å². The van der Waals surface area contributed by atoms with Gasteiger partial charge in [-0.05, 0) is 38.0 Å². The molecule has 0 heterocycles. The molecule has 0 atom stereocenters. The van der Waals surface area contributed by atoms with Gasteiger partial charge in [0.1, 0.15) is 5.82 Å². The van der Waals surface area contributed by atoms with Crippen LogP contribution in [0.25, 0.3) is 5.57 Å². The van der Waals surface area contributed by atoms with Crippen LogP contribution in [0, 0.1) is 5.82 Å². The van der Waals surface area contributed by atoms with Crippen LogP contribution < -0.4 is 5.73 Å². The molecule has 16 heavy (non-hydrogen) atoms. The van der Waals surface area contributed by atoms with Gasteiger partial charge in [-0.1, -0.05) is 12.1 Å². The molecule has 86 valence electrons. The lowest BCUT2D eigenvalue weighted by molar-refractivity contribution is 0.621. The van der Waals surface area contributed by atoms with Crippen LogP contribution in [0.3, 0.4) is 0 Å². The zero-order valence-electron chi connectivity index (χ0n) is 9.92. The summed E-state index contributed by atoms with van der Waals surface area (Å²) in [5.41, 5.74) is 8.50. The molecule has 0 radical (unpaired) electrons. The molecule has 0 aromatic heterocycles. The fraction of sp³-hybridized carbons (Fsp3) is 0.308. The van der Waals surface area contributed by atoms with Crippen LogP contribution in [0.2, 0.25) is 0 Å². The third-order valence-electron chi connectivity index (χ3n) is 2.54. The molecule has 0 aliphatic carbocycles. The van der Waals surface area contributed by atoms with E-state index in [1.165, 1.54) is 6.07 Å². The number of hydrogen-bond donors (Lipinski definition) is 1. The van der Waals surface area contributed by atoms with Gasteiger partial charge in [-0.25, -0.2) is 4.39 Å². The molecule has 1 aromatic carbocycles. The molecule has 0 saturated carbocycles. The molecule has 1 aromatic rings. The number of nitrogens with two attached hydrogens (primary N) is 1. The topological polar surface area (TPSA) is 38.4 Å². The highest BCUT2D eigenvalue weighted by atomic mass is 19.1. The Morgan fingerprint density at radius 3 is 2.62 bits per heavy atom. The lowest BCUT2D eigenvalue weighted by Crippen LogP contribution is -1.98. The van der Waals surface area contributed by atoms with Gasteiger partial charge in [-0.2, -0.15) is 0 Å². The lowest BCUT2D eigenvalue weighted by atomic mass is 10.0.